The molecule has 0 radical (unpaired) electrons. The molecule has 240 valence electrons. The number of ether oxygens (including phenoxy) is 4. The van der Waals surface area contributed by atoms with Crippen LogP contribution in [0.5, 0.6) is 11.5 Å². The molecule has 0 unspecified atom stereocenters. The van der Waals surface area contributed by atoms with Gasteiger partial charge in [-0.3, -0.25) is 4.79 Å². The molecular weight excluding hydrogens is 574 g/mol. The van der Waals surface area contributed by atoms with Crippen LogP contribution in [-0.2, 0) is 45.2 Å². The van der Waals surface area contributed by atoms with Crippen LogP contribution in [0.15, 0.2) is 24.0 Å². The normalized spacial score (nSPS) is 28.4. The topological polar surface area (TPSA) is 187 Å². The Morgan fingerprint density at radius 2 is 1.84 bits per heavy atom. The van der Waals surface area contributed by atoms with Gasteiger partial charge in [-0.25, -0.2) is 14.4 Å². The van der Waals surface area contributed by atoms with E-state index in [4.69, 9.17) is 24.7 Å². The zero-order valence-corrected chi connectivity index (χ0v) is 25.5. The van der Waals surface area contributed by atoms with Crippen LogP contribution in [0.1, 0.15) is 64.0 Å². The second-order valence-corrected chi connectivity index (χ2v) is 12.2. The molecule has 0 aromatic heterocycles. The summed E-state index contributed by atoms with van der Waals surface area (Å²) in [7, 11) is 1.97. The Kier molecular flexibility index (Phi) is 8.67. The minimum atomic E-state index is -1.37. The maximum atomic E-state index is 13.2. The number of esters is 3. The first-order valence-corrected chi connectivity index (χ1v) is 15.1. The lowest BCUT2D eigenvalue weighted by Gasteiger charge is -2.61. The lowest BCUT2D eigenvalue weighted by atomic mass is 9.50. The van der Waals surface area contributed by atoms with Gasteiger partial charge in [0, 0.05) is 24.9 Å². The second kappa shape index (κ2) is 12.0. The number of phenolic OH excluding ortho intramolecular Hbond substituents is 1. The summed E-state index contributed by atoms with van der Waals surface area (Å²) in [4.78, 5) is 52.3. The fourth-order valence-corrected chi connectivity index (χ4v) is 7.25. The number of benzene rings is 1. The summed E-state index contributed by atoms with van der Waals surface area (Å²) in [6.45, 7) is 5.01. The number of amides is 1. The van der Waals surface area contributed by atoms with E-state index in [1.807, 2.05) is 13.1 Å². The second-order valence-electron chi connectivity index (χ2n) is 12.2. The molecule has 7 atom stereocenters. The molecule has 2 heterocycles. The Hall–Kier alpha value is -3.68. The van der Waals surface area contributed by atoms with Gasteiger partial charge in [-0.05, 0) is 83.8 Å². The molecule has 5 N–H and O–H groups in total. The number of aliphatic hydroxyl groups is 1. The van der Waals surface area contributed by atoms with Crippen molar-refractivity contribution in [1.29, 1.82) is 0 Å². The van der Waals surface area contributed by atoms with E-state index < -0.39 is 59.2 Å². The van der Waals surface area contributed by atoms with Gasteiger partial charge < -0.3 is 45.1 Å². The van der Waals surface area contributed by atoms with Gasteiger partial charge in [0.1, 0.15) is 11.8 Å². The molecule has 2 aliphatic heterocycles. The highest BCUT2D eigenvalue weighted by Crippen LogP contribution is 2.65. The van der Waals surface area contributed by atoms with Crippen molar-refractivity contribution in [3.63, 3.8) is 0 Å². The summed E-state index contributed by atoms with van der Waals surface area (Å²) >= 11 is 0. The van der Waals surface area contributed by atoms with Crippen LogP contribution in [0, 0.1) is 0 Å². The number of rotatable bonds is 11. The molecule has 1 fully saturated rings. The summed E-state index contributed by atoms with van der Waals surface area (Å²) < 4.78 is 22.5. The lowest BCUT2D eigenvalue weighted by Crippen LogP contribution is -2.74. The largest absolute Gasteiger partial charge is 0.504 e. The van der Waals surface area contributed by atoms with Crippen LogP contribution in [0.2, 0.25) is 0 Å². The Bertz CT molecular complexity index is 1380. The van der Waals surface area contributed by atoms with Gasteiger partial charge in [-0.1, -0.05) is 6.07 Å². The average Bonchev–Trinajstić information content (AvgIpc) is 3.33. The first kappa shape index (κ1) is 31.7. The third-order valence-corrected chi connectivity index (χ3v) is 9.43. The Balaban J connectivity index is 1.26. The van der Waals surface area contributed by atoms with E-state index in [2.05, 4.69) is 10.2 Å². The monoisotopic (exact) mass is 615 g/mol. The fourth-order valence-electron chi connectivity index (χ4n) is 7.25. The molecule has 1 saturated heterocycles. The van der Waals surface area contributed by atoms with E-state index in [0.29, 0.717) is 38.8 Å². The molecule has 13 heteroatoms. The zero-order chi connectivity index (χ0) is 32.0. The maximum Gasteiger partial charge on any atom is 0.352 e. The number of carbonyl (C=O) groups is 4. The smallest absolute Gasteiger partial charge is 0.352 e. The number of likely N-dealkylation sites (tertiary alicyclic amines) is 1. The minimum Gasteiger partial charge on any atom is -0.504 e. The number of carbonyl (C=O) groups excluding carboxylic acids is 4. The van der Waals surface area contributed by atoms with E-state index in [0.717, 1.165) is 11.1 Å². The van der Waals surface area contributed by atoms with E-state index >= 15 is 0 Å². The quantitative estimate of drug-likeness (QED) is 0.155. The van der Waals surface area contributed by atoms with Gasteiger partial charge in [0.25, 0.3) is 0 Å². The van der Waals surface area contributed by atoms with Gasteiger partial charge in [-0.2, -0.15) is 0 Å². The van der Waals surface area contributed by atoms with Crippen molar-refractivity contribution in [2.75, 3.05) is 20.1 Å². The Morgan fingerprint density at radius 1 is 1.14 bits per heavy atom. The van der Waals surface area contributed by atoms with Crippen molar-refractivity contribution in [2.45, 2.75) is 101 Å². The molecule has 1 spiro atoms. The van der Waals surface area contributed by atoms with Crippen molar-refractivity contribution < 1.29 is 48.3 Å². The van der Waals surface area contributed by atoms with Crippen LogP contribution in [0.4, 0.5) is 0 Å². The summed E-state index contributed by atoms with van der Waals surface area (Å²) in [5.41, 5.74) is 5.08. The fraction of sp³-hybridized carbons (Fsp3) is 0.613. The van der Waals surface area contributed by atoms with Crippen molar-refractivity contribution in [3.8, 4) is 11.5 Å². The molecule has 1 aromatic rings. The number of hydrogen-bond donors (Lipinski definition) is 4. The van der Waals surface area contributed by atoms with Gasteiger partial charge in [-0.15, -0.1) is 0 Å². The molecule has 1 aromatic carbocycles. The molecule has 44 heavy (non-hydrogen) atoms. The lowest BCUT2D eigenvalue weighted by molar-refractivity contribution is -0.180. The standard InChI is InChI=1S/C31H41N3O10/c1-16(42-29(39)20(33-18(3)35)7-5-6-13-32)27(37)41-17(2)28(38)43-22-10-11-31(40)23-15-19-8-9-21(36)25-24(19)30(31,26(22)44-25)12-14-34(23)4/h8-10,16-17,20,23,26,36,40H,5-7,11-15,32H2,1-4H3,(H,33,35)/t16-,17-,20-,23-,26-,30-,31+/m0/s1. The van der Waals surface area contributed by atoms with Gasteiger partial charge >= 0.3 is 17.9 Å². The number of phenols is 1. The van der Waals surface area contributed by atoms with Crippen LogP contribution in [0.3, 0.4) is 0 Å². The average molecular weight is 616 g/mol. The predicted molar refractivity (Wildman–Crippen MR) is 154 cm³/mol. The van der Waals surface area contributed by atoms with Crippen molar-refractivity contribution in [3.05, 3.63) is 35.1 Å². The number of nitrogens with zero attached hydrogens (tertiary/aromatic N) is 1. The Morgan fingerprint density at radius 3 is 2.55 bits per heavy atom. The van der Waals surface area contributed by atoms with Crippen LogP contribution in [-0.4, -0.2) is 95.1 Å². The SMILES string of the molecule is CC(=O)N[C@@H](CCCCN)C(=O)O[C@@H](C)C(=O)O[C@@H](C)C(=O)OC1=CC[C@@]2(O)[C@@H]3Cc4ccc(O)c5c4[C@@]2(CCN3C)[C@H]1O5. The van der Waals surface area contributed by atoms with Crippen molar-refractivity contribution >= 4 is 23.8 Å². The Labute approximate surface area is 255 Å². The van der Waals surface area contributed by atoms with Crippen LogP contribution in [0.25, 0.3) is 0 Å². The molecule has 4 aliphatic rings. The summed E-state index contributed by atoms with van der Waals surface area (Å²) in [5.74, 6) is -2.68. The van der Waals surface area contributed by atoms with Crippen molar-refractivity contribution in [2.24, 2.45) is 5.73 Å². The summed E-state index contributed by atoms with van der Waals surface area (Å²) in [5, 5.41) is 25.4. The third kappa shape index (κ3) is 5.20. The number of nitrogens with two attached hydrogens (primary N) is 1. The minimum absolute atomic E-state index is 0.0520. The predicted octanol–water partition coefficient (Wildman–Crippen LogP) is 0.710. The number of aromatic hydroxyl groups is 1. The highest BCUT2D eigenvalue weighted by molar-refractivity contribution is 5.86. The summed E-state index contributed by atoms with van der Waals surface area (Å²) in [6, 6.07) is 2.27. The van der Waals surface area contributed by atoms with Gasteiger partial charge in [0.2, 0.25) is 5.91 Å². The number of likely N-dealkylation sites (N-methyl/N-ethyl adjacent to an activating group) is 1. The maximum absolute atomic E-state index is 13.2. The van der Waals surface area contributed by atoms with Crippen LogP contribution >= 0.6 is 0 Å². The molecule has 13 nitrogen and oxygen atoms in total. The van der Waals surface area contributed by atoms with E-state index in [9.17, 15) is 29.4 Å². The van der Waals surface area contributed by atoms with Gasteiger partial charge in [0.05, 0.1) is 11.0 Å². The number of hydrogen-bond acceptors (Lipinski definition) is 12. The highest BCUT2D eigenvalue weighted by atomic mass is 16.6. The summed E-state index contributed by atoms with van der Waals surface area (Å²) in [6.07, 6.45) is 0.821. The van der Waals surface area contributed by atoms with E-state index in [-0.39, 0.29) is 36.1 Å². The van der Waals surface area contributed by atoms with Gasteiger partial charge in [0.15, 0.2) is 29.8 Å². The first-order chi connectivity index (χ1) is 20.8. The number of nitrogens with one attached hydrogen (secondary N) is 1. The number of unbranched alkanes of at least 4 members (excludes halogenated alkanes) is 1. The highest BCUT2D eigenvalue weighted by Gasteiger charge is 2.72. The number of piperidine rings is 1. The molecule has 2 aliphatic carbocycles. The van der Waals surface area contributed by atoms with E-state index in [1.165, 1.54) is 20.8 Å². The zero-order valence-electron chi connectivity index (χ0n) is 25.5. The third-order valence-electron chi connectivity index (χ3n) is 9.43. The molecule has 2 bridgehead atoms. The van der Waals surface area contributed by atoms with Crippen LogP contribution < -0.4 is 15.8 Å². The molecular formula is C31H41N3O10. The molecule has 0 saturated carbocycles. The molecule has 5 rings (SSSR count). The first-order valence-electron chi connectivity index (χ1n) is 15.1. The van der Waals surface area contributed by atoms with Crippen molar-refractivity contribution in [1.82, 2.24) is 10.2 Å². The van der Waals surface area contributed by atoms with E-state index in [1.54, 1.807) is 12.1 Å². The molecule has 1 amide bonds.